The normalized spacial score (nSPS) is 11.3. The number of nitrogens with zero attached hydrogens (tertiary/aromatic N) is 2. The van der Waals surface area contributed by atoms with Crippen LogP contribution in [0.3, 0.4) is 0 Å². The molecule has 0 atom stereocenters. The molecule has 0 radical (unpaired) electrons. The van der Waals surface area contributed by atoms with Gasteiger partial charge in [0.2, 0.25) is 0 Å². The first-order valence-electron chi connectivity index (χ1n) is 13.7. The Morgan fingerprint density at radius 2 is 1.76 bits per heavy atom. The molecule has 0 unspecified atom stereocenters. The van der Waals surface area contributed by atoms with E-state index in [9.17, 15) is 4.79 Å². The summed E-state index contributed by atoms with van der Waals surface area (Å²) in [5.41, 5.74) is 4.28. The van der Waals surface area contributed by atoms with Crippen LogP contribution in [0.15, 0.2) is 77.3 Å². The number of imidazole rings is 1. The Balaban J connectivity index is 1.21. The summed E-state index contributed by atoms with van der Waals surface area (Å²) in [6.45, 7) is 6.75. The number of hydrogen-bond acceptors (Lipinski definition) is 3. The van der Waals surface area contributed by atoms with E-state index in [4.69, 9.17) is 9.72 Å². The van der Waals surface area contributed by atoms with Crippen molar-refractivity contribution < 1.29 is 9.53 Å². The number of carbonyl (C=O) groups is 1. The number of hydrogen-bond donors (Lipinski definition) is 1. The van der Waals surface area contributed by atoms with Crippen LogP contribution >= 0.6 is 15.9 Å². The van der Waals surface area contributed by atoms with E-state index in [0.717, 1.165) is 66.6 Å². The van der Waals surface area contributed by atoms with Crippen LogP contribution in [0.5, 0.6) is 5.75 Å². The predicted octanol–water partition coefficient (Wildman–Crippen LogP) is 7.92. The van der Waals surface area contributed by atoms with Gasteiger partial charge in [-0.3, -0.25) is 4.79 Å². The van der Waals surface area contributed by atoms with Crippen LogP contribution in [-0.4, -0.2) is 28.6 Å². The molecule has 0 spiro atoms. The molecule has 5 nitrogen and oxygen atoms in total. The number of amides is 1. The van der Waals surface area contributed by atoms with Crippen LogP contribution in [0.4, 0.5) is 0 Å². The molecule has 3 aromatic carbocycles. The third kappa shape index (κ3) is 7.94. The maximum Gasteiger partial charge on any atom is 0.251 e. The Bertz CT molecular complexity index is 1310. The lowest BCUT2D eigenvalue weighted by molar-refractivity contribution is 0.0953. The van der Waals surface area contributed by atoms with E-state index in [2.05, 4.69) is 88.2 Å². The molecule has 4 rings (SSSR count). The maximum atomic E-state index is 12.3. The van der Waals surface area contributed by atoms with E-state index in [1.54, 1.807) is 0 Å². The molecular formula is C32H38BrN3O2. The van der Waals surface area contributed by atoms with Crippen LogP contribution in [0, 0.1) is 0 Å². The van der Waals surface area contributed by atoms with Crippen LogP contribution in [0.25, 0.3) is 11.0 Å². The van der Waals surface area contributed by atoms with E-state index in [1.807, 2.05) is 24.3 Å². The Labute approximate surface area is 234 Å². The minimum Gasteiger partial charge on any atom is -0.494 e. The molecule has 0 bridgehead atoms. The van der Waals surface area contributed by atoms with Gasteiger partial charge < -0.3 is 14.6 Å². The quantitative estimate of drug-likeness (QED) is 0.155. The first kappa shape index (κ1) is 27.9. The van der Waals surface area contributed by atoms with E-state index >= 15 is 0 Å². The zero-order valence-corrected chi connectivity index (χ0v) is 24.0. The fourth-order valence-electron chi connectivity index (χ4n) is 4.60. The van der Waals surface area contributed by atoms with Gasteiger partial charge in [-0.25, -0.2) is 4.98 Å². The van der Waals surface area contributed by atoms with E-state index < -0.39 is 0 Å². The number of aryl methyl sites for hydroxylation is 2. The van der Waals surface area contributed by atoms with Gasteiger partial charge in [0, 0.05) is 29.5 Å². The third-order valence-electron chi connectivity index (χ3n) is 6.77. The number of nitrogens with one attached hydrogen (secondary N) is 1. The van der Waals surface area contributed by atoms with Crippen molar-refractivity contribution in [3.63, 3.8) is 0 Å². The highest BCUT2D eigenvalue weighted by Crippen LogP contribution is 2.21. The highest BCUT2D eigenvalue weighted by atomic mass is 79.9. The van der Waals surface area contributed by atoms with E-state index in [0.29, 0.717) is 24.6 Å². The molecule has 1 amide bonds. The summed E-state index contributed by atoms with van der Waals surface area (Å²) >= 11 is 3.42. The minimum absolute atomic E-state index is 0.0235. The van der Waals surface area contributed by atoms with Crippen molar-refractivity contribution in [2.45, 2.75) is 64.8 Å². The number of unbranched alkanes of at least 4 members (excludes halogenated alkanes) is 3. The number of halogens is 1. The fraction of sp³-hybridized carbons (Fsp3) is 0.375. The molecule has 0 fully saturated rings. The molecule has 0 aliphatic carbocycles. The molecule has 1 heterocycles. The first-order valence-corrected chi connectivity index (χ1v) is 14.5. The topological polar surface area (TPSA) is 56.1 Å². The van der Waals surface area contributed by atoms with E-state index in [1.165, 1.54) is 11.1 Å². The molecule has 6 heteroatoms. The van der Waals surface area contributed by atoms with Gasteiger partial charge in [0.15, 0.2) is 0 Å². The molecule has 0 saturated carbocycles. The second-order valence-electron chi connectivity index (χ2n) is 10.0. The SMILES string of the molecule is CC(C)c1ccc(OCCCCn2c(CCCCCNC(=O)c3cccc(Br)c3)nc3ccccc32)cc1. The Kier molecular flexibility index (Phi) is 10.4. The van der Waals surface area contributed by atoms with Crippen molar-refractivity contribution in [3.8, 4) is 5.75 Å². The number of ether oxygens (including phenoxy) is 1. The second kappa shape index (κ2) is 14.1. The van der Waals surface area contributed by atoms with Crippen molar-refractivity contribution in [2.75, 3.05) is 13.2 Å². The summed E-state index contributed by atoms with van der Waals surface area (Å²) in [4.78, 5) is 17.2. The van der Waals surface area contributed by atoms with Gasteiger partial charge in [-0.05, 0) is 79.6 Å². The molecule has 1 N–H and O–H groups in total. The number of rotatable bonds is 14. The van der Waals surface area contributed by atoms with Crippen LogP contribution < -0.4 is 10.1 Å². The van der Waals surface area contributed by atoms with Crippen molar-refractivity contribution in [3.05, 3.63) is 94.2 Å². The first-order chi connectivity index (χ1) is 18.5. The van der Waals surface area contributed by atoms with Crippen molar-refractivity contribution >= 4 is 32.9 Å². The lowest BCUT2D eigenvalue weighted by atomic mass is 10.0. The number of fused-ring (bicyclic) bond motifs is 1. The molecule has 0 aliphatic heterocycles. The highest BCUT2D eigenvalue weighted by molar-refractivity contribution is 9.10. The average molecular weight is 577 g/mol. The average Bonchev–Trinajstić information content (AvgIpc) is 3.27. The van der Waals surface area contributed by atoms with Crippen LogP contribution in [0.2, 0.25) is 0 Å². The monoisotopic (exact) mass is 575 g/mol. The Hall–Kier alpha value is -3.12. The summed E-state index contributed by atoms with van der Waals surface area (Å²) < 4.78 is 9.26. The molecule has 0 aliphatic rings. The van der Waals surface area contributed by atoms with Crippen molar-refractivity contribution in [2.24, 2.45) is 0 Å². The summed E-state index contributed by atoms with van der Waals surface area (Å²) in [5.74, 6) is 2.60. The maximum absolute atomic E-state index is 12.3. The summed E-state index contributed by atoms with van der Waals surface area (Å²) in [5, 5.41) is 3.02. The standard InChI is InChI=1S/C32H38BrN3O2/c1-24(2)25-16-18-28(19-17-25)38-22-9-8-21-36-30-14-6-5-13-29(30)35-31(36)15-4-3-7-20-34-32(37)26-11-10-12-27(33)23-26/h5-6,10-14,16-19,23-24H,3-4,7-9,15,20-22H2,1-2H3,(H,34,37). The molecular weight excluding hydrogens is 538 g/mol. The van der Waals surface area contributed by atoms with Gasteiger partial charge >= 0.3 is 0 Å². The zero-order valence-electron chi connectivity index (χ0n) is 22.5. The number of benzene rings is 3. The van der Waals surface area contributed by atoms with E-state index in [-0.39, 0.29) is 5.91 Å². The predicted molar refractivity (Wildman–Crippen MR) is 159 cm³/mol. The third-order valence-corrected chi connectivity index (χ3v) is 7.27. The van der Waals surface area contributed by atoms with Crippen molar-refractivity contribution in [1.82, 2.24) is 14.9 Å². The highest BCUT2D eigenvalue weighted by Gasteiger charge is 2.10. The number of aromatic nitrogens is 2. The number of carbonyl (C=O) groups excluding carboxylic acids is 1. The van der Waals surface area contributed by atoms with Gasteiger partial charge in [-0.15, -0.1) is 0 Å². The molecule has 0 saturated heterocycles. The molecule has 1 aromatic heterocycles. The lowest BCUT2D eigenvalue weighted by Gasteiger charge is -2.11. The Morgan fingerprint density at radius 1 is 0.947 bits per heavy atom. The van der Waals surface area contributed by atoms with Gasteiger partial charge in [-0.2, -0.15) is 0 Å². The fourth-order valence-corrected chi connectivity index (χ4v) is 4.99. The smallest absolute Gasteiger partial charge is 0.251 e. The van der Waals surface area contributed by atoms with Gasteiger partial charge in [0.25, 0.3) is 5.91 Å². The Morgan fingerprint density at radius 3 is 2.55 bits per heavy atom. The molecule has 38 heavy (non-hydrogen) atoms. The van der Waals surface area contributed by atoms with Crippen LogP contribution in [0.1, 0.15) is 73.6 Å². The second-order valence-corrected chi connectivity index (χ2v) is 10.9. The minimum atomic E-state index is -0.0235. The summed E-state index contributed by atoms with van der Waals surface area (Å²) in [6.07, 6.45) is 6.02. The largest absolute Gasteiger partial charge is 0.494 e. The number of para-hydroxylation sites is 2. The lowest BCUT2D eigenvalue weighted by Crippen LogP contribution is -2.24. The van der Waals surface area contributed by atoms with Gasteiger partial charge in [0.05, 0.1) is 17.6 Å². The summed E-state index contributed by atoms with van der Waals surface area (Å²) in [6, 6.07) is 24.3. The van der Waals surface area contributed by atoms with Crippen molar-refractivity contribution in [1.29, 1.82) is 0 Å². The summed E-state index contributed by atoms with van der Waals surface area (Å²) in [7, 11) is 0. The molecule has 4 aromatic rings. The molecule has 200 valence electrons. The van der Waals surface area contributed by atoms with Crippen LogP contribution in [-0.2, 0) is 13.0 Å². The zero-order chi connectivity index (χ0) is 26.7. The van der Waals surface area contributed by atoms with Gasteiger partial charge in [0.1, 0.15) is 11.6 Å². The van der Waals surface area contributed by atoms with Gasteiger partial charge in [-0.1, -0.05) is 66.5 Å².